The summed E-state index contributed by atoms with van der Waals surface area (Å²) in [5, 5.41) is 12.9. The fraction of sp³-hybridized carbons (Fsp3) is 0.839. The second kappa shape index (κ2) is 13.7. The van der Waals surface area contributed by atoms with Crippen molar-refractivity contribution in [1.29, 1.82) is 5.26 Å². The van der Waals surface area contributed by atoms with Crippen molar-refractivity contribution in [1.82, 2.24) is 5.32 Å². The molecule has 0 saturated carbocycles. The van der Waals surface area contributed by atoms with Crippen molar-refractivity contribution in [3.63, 3.8) is 0 Å². The molecule has 0 aromatic carbocycles. The summed E-state index contributed by atoms with van der Waals surface area (Å²) in [7, 11) is 0. The van der Waals surface area contributed by atoms with Crippen LogP contribution in [0.5, 0.6) is 0 Å². The monoisotopic (exact) mass is 596 g/mol. The van der Waals surface area contributed by atoms with Crippen LogP contribution >= 0.6 is 0 Å². The summed E-state index contributed by atoms with van der Waals surface area (Å²) in [4.78, 5) is 52.4. The Kier molecular flexibility index (Phi) is 12.2. The van der Waals surface area contributed by atoms with Gasteiger partial charge < -0.3 is 23.7 Å². The molecular weight excluding hydrogens is 544 g/mol. The molecule has 0 aliphatic carbocycles. The van der Waals surface area contributed by atoms with E-state index in [-0.39, 0.29) is 12.5 Å². The number of esters is 4. The van der Waals surface area contributed by atoms with Gasteiger partial charge >= 0.3 is 23.9 Å². The number of rotatable bonds is 8. The molecule has 240 valence electrons. The van der Waals surface area contributed by atoms with Crippen molar-refractivity contribution in [2.45, 2.75) is 134 Å². The Morgan fingerprint density at radius 2 is 1.07 bits per heavy atom. The van der Waals surface area contributed by atoms with E-state index >= 15 is 0 Å². The van der Waals surface area contributed by atoms with Crippen LogP contribution in [0.1, 0.15) is 96.9 Å². The molecule has 1 N–H and O–H groups in total. The first-order valence-electron chi connectivity index (χ1n) is 14.4. The highest BCUT2D eigenvalue weighted by molar-refractivity contribution is 5.78. The SMILES string of the molecule is CC(C)[C@@H](C#N)N[C@@H]1O[C@H](COC(=O)C(C)(C)C)[C@H](OC(=O)C(C)(C)C)[C@H](OC(=O)C(C)(C)C)[C@H]1OC(=O)C(C)(C)C. The molecule has 0 aromatic rings. The van der Waals surface area contributed by atoms with Gasteiger partial charge in [-0.15, -0.1) is 0 Å². The highest BCUT2D eigenvalue weighted by Gasteiger charge is 2.55. The summed E-state index contributed by atoms with van der Waals surface area (Å²) in [6, 6.07) is 1.42. The molecule has 1 aliphatic rings. The van der Waals surface area contributed by atoms with Gasteiger partial charge in [-0.2, -0.15) is 5.26 Å². The zero-order chi connectivity index (χ0) is 33.0. The third kappa shape index (κ3) is 10.5. The van der Waals surface area contributed by atoms with Crippen molar-refractivity contribution >= 4 is 23.9 Å². The number of nitriles is 1. The predicted molar refractivity (Wildman–Crippen MR) is 154 cm³/mol. The summed E-state index contributed by atoms with van der Waals surface area (Å²) >= 11 is 0. The van der Waals surface area contributed by atoms with Crippen LogP contribution in [0, 0.1) is 38.9 Å². The van der Waals surface area contributed by atoms with E-state index < -0.39 is 82.2 Å². The minimum Gasteiger partial charge on any atom is -0.462 e. The number of carbonyl (C=O) groups is 4. The summed E-state index contributed by atoms with van der Waals surface area (Å²) in [5.41, 5.74) is -3.72. The first kappa shape index (κ1) is 37.3. The maximum atomic E-state index is 13.3. The molecule has 11 heteroatoms. The number of carbonyl (C=O) groups excluding carboxylic acids is 4. The molecule has 1 aliphatic heterocycles. The van der Waals surface area contributed by atoms with Crippen LogP contribution < -0.4 is 5.32 Å². The lowest BCUT2D eigenvalue weighted by Crippen LogP contribution is -2.67. The molecule has 1 rings (SSSR count). The van der Waals surface area contributed by atoms with Gasteiger partial charge in [0.25, 0.3) is 0 Å². The predicted octanol–water partition coefficient (Wildman–Crippen LogP) is 4.31. The van der Waals surface area contributed by atoms with E-state index in [4.69, 9.17) is 23.7 Å². The van der Waals surface area contributed by atoms with Crippen molar-refractivity contribution in [3.8, 4) is 6.07 Å². The van der Waals surface area contributed by atoms with Crippen molar-refractivity contribution < 1.29 is 42.9 Å². The Balaban J connectivity index is 3.82. The quantitative estimate of drug-likeness (QED) is 0.315. The minimum atomic E-state index is -1.37. The topological polar surface area (TPSA) is 150 Å². The van der Waals surface area contributed by atoms with E-state index in [1.165, 1.54) is 0 Å². The average Bonchev–Trinajstić information content (AvgIpc) is 2.81. The smallest absolute Gasteiger partial charge is 0.311 e. The van der Waals surface area contributed by atoms with Gasteiger partial charge in [-0.3, -0.25) is 24.5 Å². The van der Waals surface area contributed by atoms with Gasteiger partial charge in [0.1, 0.15) is 12.7 Å². The fourth-order valence-electron chi connectivity index (χ4n) is 3.42. The Hall–Kier alpha value is -2.71. The maximum absolute atomic E-state index is 13.3. The van der Waals surface area contributed by atoms with E-state index in [2.05, 4.69) is 11.4 Å². The lowest BCUT2D eigenvalue weighted by atomic mass is 9.92. The normalized spacial score (nSPS) is 24.3. The number of hydrogen-bond acceptors (Lipinski definition) is 11. The molecule has 0 unspecified atom stereocenters. The van der Waals surface area contributed by atoms with Gasteiger partial charge in [0.05, 0.1) is 33.8 Å². The number of ether oxygens (including phenoxy) is 5. The van der Waals surface area contributed by atoms with Gasteiger partial charge in [0, 0.05) is 0 Å². The summed E-state index contributed by atoms with van der Waals surface area (Å²) in [5.74, 6) is -2.62. The van der Waals surface area contributed by atoms with Gasteiger partial charge in [-0.25, -0.2) is 0 Å². The van der Waals surface area contributed by atoms with Crippen molar-refractivity contribution in [3.05, 3.63) is 0 Å². The second-order valence-corrected chi connectivity index (χ2v) is 15.3. The molecule has 0 bridgehead atoms. The fourth-order valence-corrected chi connectivity index (χ4v) is 3.42. The van der Waals surface area contributed by atoms with Crippen LogP contribution in [0.25, 0.3) is 0 Å². The summed E-state index contributed by atoms with van der Waals surface area (Å²) in [6.07, 6.45) is -6.36. The molecule has 0 radical (unpaired) electrons. The summed E-state index contributed by atoms with van der Waals surface area (Å²) < 4.78 is 29.7. The first-order valence-corrected chi connectivity index (χ1v) is 14.4. The molecule has 6 atom stereocenters. The Morgan fingerprint density at radius 3 is 1.43 bits per heavy atom. The minimum absolute atomic E-state index is 0.179. The third-order valence-electron chi connectivity index (χ3n) is 6.34. The Morgan fingerprint density at radius 1 is 0.690 bits per heavy atom. The lowest BCUT2D eigenvalue weighted by Gasteiger charge is -2.46. The molecule has 0 aromatic heterocycles. The van der Waals surface area contributed by atoms with E-state index in [0.29, 0.717) is 0 Å². The first-order chi connectivity index (χ1) is 18.8. The average molecular weight is 597 g/mol. The van der Waals surface area contributed by atoms with Crippen LogP contribution in [0.3, 0.4) is 0 Å². The highest BCUT2D eigenvalue weighted by atomic mass is 16.7. The molecule has 42 heavy (non-hydrogen) atoms. The summed E-state index contributed by atoms with van der Waals surface area (Å²) in [6.45, 7) is 23.3. The third-order valence-corrected chi connectivity index (χ3v) is 6.34. The molecule has 1 heterocycles. The van der Waals surface area contributed by atoms with Gasteiger partial charge in [-0.05, 0) is 89.0 Å². The van der Waals surface area contributed by atoms with Crippen LogP contribution in [0.2, 0.25) is 0 Å². The molecule has 1 fully saturated rings. The second-order valence-electron chi connectivity index (χ2n) is 15.3. The molecule has 1 saturated heterocycles. The van der Waals surface area contributed by atoms with Crippen molar-refractivity contribution in [2.75, 3.05) is 6.61 Å². The molecule has 11 nitrogen and oxygen atoms in total. The standard InChI is InChI=1S/C31H52N2O9/c1-17(2)18(15-32)33-23-22(42-27(37)31(12,13)14)21(41-26(36)30(9,10)11)20(40-25(35)29(6,7)8)19(39-23)16-38-24(34)28(3,4)5/h17-23,33H,16H2,1-14H3/t18-,19-,20+,21+,22-,23-/m1/s1. The van der Waals surface area contributed by atoms with E-state index in [1.54, 1.807) is 83.1 Å². The van der Waals surface area contributed by atoms with Crippen LogP contribution in [-0.4, -0.2) is 67.2 Å². The van der Waals surface area contributed by atoms with Crippen LogP contribution in [0.15, 0.2) is 0 Å². The number of hydrogen-bond donors (Lipinski definition) is 1. The molecule has 0 amide bonds. The van der Waals surface area contributed by atoms with E-state index in [1.807, 2.05) is 13.8 Å². The Bertz CT molecular complexity index is 1020. The zero-order valence-electron chi connectivity index (χ0n) is 27.9. The Labute approximate surface area is 251 Å². The number of nitrogens with zero attached hydrogens (tertiary/aromatic N) is 1. The van der Waals surface area contributed by atoms with Gasteiger partial charge in [0.15, 0.2) is 24.5 Å². The zero-order valence-corrected chi connectivity index (χ0v) is 27.9. The number of nitrogens with one attached hydrogen (secondary N) is 1. The molecular formula is C31H52N2O9. The van der Waals surface area contributed by atoms with Crippen molar-refractivity contribution in [2.24, 2.45) is 27.6 Å². The van der Waals surface area contributed by atoms with E-state index in [9.17, 15) is 24.4 Å². The largest absolute Gasteiger partial charge is 0.462 e. The van der Waals surface area contributed by atoms with Gasteiger partial charge in [-0.1, -0.05) is 13.8 Å². The molecule has 0 spiro atoms. The van der Waals surface area contributed by atoms with Crippen LogP contribution in [-0.2, 0) is 42.9 Å². The highest BCUT2D eigenvalue weighted by Crippen LogP contribution is 2.34. The van der Waals surface area contributed by atoms with E-state index in [0.717, 1.165) is 0 Å². The maximum Gasteiger partial charge on any atom is 0.311 e. The van der Waals surface area contributed by atoms with Gasteiger partial charge in [0.2, 0.25) is 0 Å². The van der Waals surface area contributed by atoms with Crippen LogP contribution in [0.4, 0.5) is 0 Å². The lowest BCUT2D eigenvalue weighted by molar-refractivity contribution is -0.265.